The number of hydrogen-bond donors (Lipinski definition) is 1. The smallest absolute Gasteiger partial charge is 0.410 e. The van der Waals surface area contributed by atoms with Crippen LogP contribution in [0.15, 0.2) is 0 Å². The zero-order valence-electron chi connectivity index (χ0n) is 11.2. The van der Waals surface area contributed by atoms with Crippen LogP contribution in [0, 0.1) is 0 Å². The molecule has 0 bridgehead atoms. The first kappa shape index (κ1) is 15.7. The van der Waals surface area contributed by atoms with Gasteiger partial charge in [-0.3, -0.25) is 4.79 Å². The molecule has 100 valence electrons. The van der Waals surface area contributed by atoms with E-state index < -0.39 is 11.7 Å². The fourth-order valence-electron chi connectivity index (χ4n) is 0.968. The zero-order chi connectivity index (χ0) is 13.5. The second-order valence-corrected chi connectivity index (χ2v) is 4.68. The summed E-state index contributed by atoms with van der Waals surface area (Å²) in [7, 11) is 3.07. The van der Waals surface area contributed by atoms with Crippen molar-refractivity contribution < 1.29 is 19.1 Å². The lowest BCUT2D eigenvalue weighted by atomic mass is 10.2. The van der Waals surface area contributed by atoms with Crippen LogP contribution in [0.1, 0.15) is 20.8 Å². The number of nitrogens with zero attached hydrogens (tertiary/aromatic N) is 1. The Kier molecular flexibility index (Phi) is 6.57. The molecule has 0 aromatic carbocycles. The molecule has 0 aliphatic heterocycles. The molecule has 1 N–H and O–H groups in total. The van der Waals surface area contributed by atoms with E-state index in [-0.39, 0.29) is 12.5 Å². The lowest BCUT2D eigenvalue weighted by molar-refractivity contribution is -0.122. The molecule has 6 heteroatoms. The molecule has 0 radical (unpaired) electrons. The second kappa shape index (κ2) is 7.11. The van der Waals surface area contributed by atoms with E-state index in [1.165, 1.54) is 11.9 Å². The van der Waals surface area contributed by atoms with E-state index in [0.717, 1.165) is 0 Å². The minimum absolute atomic E-state index is 0.0291. The van der Waals surface area contributed by atoms with E-state index in [0.29, 0.717) is 13.2 Å². The van der Waals surface area contributed by atoms with Crippen molar-refractivity contribution in [1.29, 1.82) is 0 Å². The molecule has 0 rings (SSSR count). The predicted molar refractivity (Wildman–Crippen MR) is 63.7 cm³/mol. The van der Waals surface area contributed by atoms with Crippen LogP contribution in [0.3, 0.4) is 0 Å². The fourth-order valence-corrected chi connectivity index (χ4v) is 0.968. The van der Waals surface area contributed by atoms with Gasteiger partial charge in [-0.1, -0.05) is 0 Å². The quantitative estimate of drug-likeness (QED) is 0.722. The molecule has 0 fully saturated rings. The van der Waals surface area contributed by atoms with Gasteiger partial charge >= 0.3 is 6.09 Å². The minimum atomic E-state index is -0.558. The Morgan fingerprint density at radius 1 is 1.29 bits per heavy atom. The van der Waals surface area contributed by atoms with E-state index in [1.807, 2.05) is 0 Å². The molecule has 17 heavy (non-hydrogen) atoms. The van der Waals surface area contributed by atoms with Gasteiger partial charge in [0.1, 0.15) is 12.1 Å². The molecule has 0 saturated heterocycles. The highest BCUT2D eigenvalue weighted by molar-refractivity contribution is 5.82. The number of amides is 2. The molecule has 0 aliphatic rings. The standard InChI is InChI=1S/C11H22N2O4/c1-11(2,3)17-10(15)13(4)8-9(14)12-6-7-16-5/h6-8H2,1-5H3,(H,12,14). The third-order valence-corrected chi connectivity index (χ3v) is 1.71. The molecule has 2 amide bonds. The molecule has 0 heterocycles. The van der Waals surface area contributed by atoms with E-state index >= 15 is 0 Å². The molecule has 0 aliphatic carbocycles. The van der Waals surface area contributed by atoms with Gasteiger partial charge in [-0.15, -0.1) is 0 Å². The molecule has 0 saturated carbocycles. The topological polar surface area (TPSA) is 67.9 Å². The van der Waals surface area contributed by atoms with Crippen LogP contribution >= 0.6 is 0 Å². The Hall–Kier alpha value is -1.30. The van der Waals surface area contributed by atoms with Crippen molar-refractivity contribution in [2.75, 3.05) is 33.9 Å². The van der Waals surface area contributed by atoms with Crippen molar-refractivity contribution in [2.24, 2.45) is 0 Å². The number of nitrogens with one attached hydrogen (secondary N) is 1. The van der Waals surface area contributed by atoms with Gasteiger partial charge in [-0.25, -0.2) is 4.79 Å². The van der Waals surface area contributed by atoms with Gasteiger partial charge in [-0.2, -0.15) is 0 Å². The van der Waals surface area contributed by atoms with Crippen molar-refractivity contribution in [3.05, 3.63) is 0 Å². The van der Waals surface area contributed by atoms with Crippen LogP contribution in [-0.2, 0) is 14.3 Å². The van der Waals surface area contributed by atoms with Crippen molar-refractivity contribution in [1.82, 2.24) is 10.2 Å². The second-order valence-electron chi connectivity index (χ2n) is 4.68. The van der Waals surface area contributed by atoms with Gasteiger partial charge < -0.3 is 19.7 Å². The van der Waals surface area contributed by atoms with Crippen LogP contribution in [0.25, 0.3) is 0 Å². The fraction of sp³-hybridized carbons (Fsp3) is 0.818. The third-order valence-electron chi connectivity index (χ3n) is 1.71. The number of rotatable bonds is 5. The maximum absolute atomic E-state index is 11.5. The van der Waals surface area contributed by atoms with Crippen LogP contribution in [0.5, 0.6) is 0 Å². The number of methoxy groups -OCH3 is 1. The first-order valence-electron chi connectivity index (χ1n) is 5.46. The van der Waals surface area contributed by atoms with Gasteiger partial charge in [0.05, 0.1) is 6.61 Å². The minimum Gasteiger partial charge on any atom is -0.444 e. The summed E-state index contributed by atoms with van der Waals surface area (Å²) in [5.41, 5.74) is -0.558. The summed E-state index contributed by atoms with van der Waals surface area (Å²) in [6.45, 7) is 6.17. The monoisotopic (exact) mass is 246 g/mol. The SMILES string of the molecule is COCCNC(=O)CN(C)C(=O)OC(C)(C)C. The van der Waals surface area contributed by atoms with Gasteiger partial charge in [0, 0.05) is 20.7 Å². The van der Waals surface area contributed by atoms with E-state index in [1.54, 1.807) is 27.9 Å². The summed E-state index contributed by atoms with van der Waals surface area (Å²) in [5, 5.41) is 2.62. The van der Waals surface area contributed by atoms with Crippen molar-refractivity contribution in [3.8, 4) is 0 Å². The van der Waals surface area contributed by atoms with E-state index in [4.69, 9.17) is 9.47 Å². The van der Waals surface area contributed by atoms with Crippen LogP contribution < -0.4 is 5.32 Å². The van der Waals surface area contributed by atoms with Crippen LogP contribution in [0.4, 0.5) is 4.79 Å². The number of ether oxygens (including phenoxy) is 2. The van der Waals surface area contributed by atoms with Crippen LogP contribution in [-0.4, -0.2) is 56.4 Å². The Bertz CT molecular complexity index is 261. The predicted octanol–water partition coefficient (Wildman–Crippen LogP) is 0.616. The summed E-state index contributed by atoms with van der Waals surface area (Å²) >= 11 is 0. The Morgan fingerprint density at radius 2 is 1.88 bits per heavy atom. The highest BCUT2D eigenvalue weighted by Crippen LogP contribution is 2.08. The highest BCUT2D eigenvalue weighted by atomic mass is 16.6. The molecule has 0 aromatic rings. The molecule has 0 aromatic heterocycles. The van der Waals surface area contributed by atoms with Gasteiger partial charge in [0.25, 0.3) is 0 Å². The Morgan fingerprint density at radius 3 is 2.35 bits per heavy atom. The van der Waals surface area contributed by atoms with Crippen LogP contribution in [0.2, 0.25) is 0 Å². The zero-order valence-corrected chi connectivity index (χ0v) is 11.2. The normalized spacial score (nSPS) is 10.9. The first-order chi connectivity index (χ1) is 7.76. The highest BCUT2D eigenvalue weighted by Gasteiger charge is 2.20. The van der Waals surface area contributed by atoms with E-state index in [9.17, 15) is 9.59 Å². The maximum Gasteiger partial charge on any atom is 0.410 e. The average molecular weight is 246 g/mol. The molecule has 6 nitrogen and oxygen atoms in total. The third kappa shape index (κ3) is 8.50. The van der Waals surface area contributed by atoms with E-state index in [2.05, 4.69) is 5.32 Å². The maximum atomic E-state index is 11.5. The van der Waals surface area contributed by atoms with Gasteiger partial charge in [0.2, 0.25) is 5.91 Å². The summed E-state index contributed by atoms with van der Waals surface area (Å²) in [5.74, 6) is -0.240. The summed E-state index contributed by atoms with van der Waals surface area (Å²) < 4.78 is 9.90. The van der Waals surface area contributed by atoms with Crippen molar-refractivity contribution in [3.63, 3.8) is 0 Å². The average Bonchev–Trinajstić information content (AvgIpc) is 2.15. The van der Waals surface area contributed by atoms with Crippen molar-refractivity contribution >= 4 is 12.0 Å². The number of hydrogen-bond acceptors (Lipinski definition) is 4. The van der Waals surface area contributed by atoms with Gasteiger partial charge in [0.15, 0.2) is 0 Å². The lowest BCUT2D eigenvalue weighted by Crippen LogP contribution is -2.41. The molecular formula is C11H22N2O4. The summed E-state index contributed by atoms with van der Waals surface area (Å²) in [6.07, 6.45) is -0.514. The molecular weight excluding hydrogens is 224 g/mol. The van der Waals surface area contributed by atoms with Crippen molar-refractivity contribution in [2.45, 2.75) is 26.4 Å². The number of likely N-dealkylation sites (N-methyl/N-ethyl adjacent to an activating group) is 1. The largest absolute Gasteiger partial charge is 0.444 e. The van der Waals surface area contributed by atoms with Gasteiger partial charge in [-0.05, 0) is 20.8 Å². The first-order valence-corrected chi connectivity index (χ1v) is 5.46. The summed E-state index contributed by atoms with van der Waals surface area (Å²) in [4.78, 5) is 24.1. The number of carbonyl (C=O) groups is 2. The molecule has 0 unspecified atom stereocenters. The lowest BCUT2D eigenvalue weighted by Gasteiger charge is -2.24. The molecule has 0 atom stereocenters. The Balaban J connectivity index is 3.95. The molecule has 0 spiro atoms. The number of carbonyl (C=O) groups excluding carboxylic acids is 2. The Labute approximate surface area is 102 Å². The summed E-state index contributed by atoms with van der Waals surface area (Å²) in [6, 6.07) is 0.